The van der Waals surface area contributed by atoms with Crippen molar-refractivity contribution in [2.45, 2.75) is 57.8 Å². The van der Waals surface area contributed by atoms with Crippen LogP contribution in [0.15, 0.2) is 60.7 Å². The molecule has 0 aliphatic rings. The second-order valence-electron chi connectivity index (χ2n) is 9.21. The van der Waals surface area contributed by atoms with Gasteiger partial charge in [0.1, 0.15) is 5.82 Å². The molecule has 3 aromatic rings. The van der Waals surface area contributed by atoms with Crippen LogP contribution in [0.25, 0.3) is 11.8 Å². The number of nitrogens with zero attached hydrogens (tertiary/aromatic N) is 2. The second kappa shape index (κ2) is 14.4. The van der Waals surface area contributed by atoms with Gasteiger partial charge in [0.2, 0.25) is 0 Å². The van der Waals surface area contributed by atoms with E-state index in [9.17, 15) is 24.2 Å². The number of aromatic nitrogens is 2. The summed E-state index contributed by atoms with van der Waals surface area (Å²) >= 11 is 0. The van der Waals surface area contributed by atoms with E-state index in [-0.39, 0.29) is 59.5 Å². The van der Waals surface area contributed by atoms with E-state index in [1.54, 1.807) is 6.08 Å². The Labute approximate surface area is 243 Å². The number of aliphatic hydroxyl groups is 2. The summed E-state index contributed by atoms with van der Waals surface area (Å²) in [4.78, 5) is 24.2. The number of aliphatic carboxylic acids is 1. The summed E-state index contributed by atoms with van der Waals surface area (Å²) in [5, 5.41) is 36.6. The van der Waals surface area contributed by atoms with Crippen LogP contribution < -0.4 is 5.32 Å². The summed E-state index contributed by atoms with van der Waals surface area (Å²) in [6, 6.07) is 14.9. The van der Waals surface area contributed by atoms with Gasteiger partial charge >= 0.3 is 35.5 Å². The predicted octanol–water partition coefficient (Wildman–Crippen LogP) is 3.58. The quantitative estimate of drug-likeness (QED) is 0.279. The molecule has 0 saturated heterocycles. The molecule has 0 spiro atoms. The Morgan fingerprint density at radius 2 is 1.68 bits per heavy atom. The van der Waals surface area contributed by atoms with Gasteiger partial charge in [-0.25, -0.2) is 9.07 Å². The van der Waals surface area contributed by atoms with Crippen molar-refractivity contribution in [2.75, 3.05) is 0 Å². The molecule has 3 atom stereocenters. The van der Waals surface area contributed by atoms with Crippen LogP contribution in [-0.4, -0.2) is 78.7 Å². The second-order valence-corrected chi connectivity index (χ2v) is 9.21. The molecule has 4 N–H and O–H groups in total. The topological polar surface area (TPSA) is 125 Å². The Bertz CT molecular complexity index is 1250. The van der Waals surface area contributed by atoms with Crippen molar-refractivity contribution in [2.24, 2.45) is 0 Å². The van der Waals surface area contributed by atoms with Gasteiger partial charge in [0, 0.05) is 12.0 Å². The zero-order valence-corrected chi connectivity index (χ0v) is 21.0. The third kappa shape index (κ3) is 8.34. The van der Waals surface area contributed by atoms with E-state index in [1.165, 1.54) is 35.0 Å². The molecule has 0 aliphatic carbocycles. The van der Waals surface area contributed by atoms with Crippen LogP contribution >= 0.6 is 0 Å². The van der Waals surface area contributed by atoms with Gasteiger partial charge in [0.15, 0.2) is 5.69 Å². The van der Waals surface area contributed by atoms with Crippen molar-refractivity contribution in [3.63, 3.8) is 0 Å². The number of carbonyl (C=O) groups is 2. The molecule has 0 saturated carbocycles. The zero-order chi connectivity index (χ0) is 27.1. The molecule has 0 unspecified atom stereocenters. The van der Waals surface area contributed by atoms with Crippen molar-refractivity contribution >= 4 is 47.5 Å². The van der Waals surface area contributed by atoms with Crippen molar-refractivity contribution in [1.82, 2.24) is 15.1 Å². The normalized spacial score (nSPS) is 13.7. The maximum absolute atomic E-state index is 13.6. The Balaban J connectivity index is 0.00000507. The van der Waals surface area contributed by atoms with Crippen LogP contribution in [0.1, 0.15) is 72.9 Å². The Morgan fingerprint density at radius 1 is 1.05 bits per heavy atom. The molecule has 1 heterocycles. The number of hydrogen-bond donors (Lipinski definition) is 4. The van der Waals surface area contributed by atoms with Crippen molar-refractivity contribution < 1.29 is 29.3 Å². The Kier molecular flexibility index (Phi) is 11.9. The third-order valence-electron chi connectivity index (χ3n) is 5.87. The van der Waals surface area contributed by atoms with E-state index >= 15 is 0 Å². The fourth-order valence-electron chi connectivity index (χ4n) is 4.05. The van der Waals surface area contributed by atoms with Gasteiger partial charge in [-0.2, -0.15) is 5.10 Å². The molecule has 0 fully saturated rings. The summed E-state index contributed by atoms with van der Waals surface area (Å²) in [6.07, 6.45) is -0.0129. The van der Waals surface area contributed by atoms with Crippen LogP contribution in [0.2, 0.25) is 0 Å². The maximum atomic E-state index is 13.6. The van der Waals surface area contributed by atoms with E-state index < -0.39 is 30.4 Å². The number of rotatable bonds is 11. The molecular formula is C28H33FN3NaO5. The Morgan fingerprint density at radius 3 is 2.26 bits per heavy atom. The van der Waals surface area contributed by atoms with Crippen LogP contribution in [-0.2, 0) is 4.79 Å². The summed E-state index contributed by atoms with van der Waals surface area (Å²) in [7, 11) is 0. The third-order valence-corrected chi connectivity index (χ3v) is 5.87. The number of amides is 1. The predicted molar refractivity (Wildman–Crippen MR) is 145 cm³/mol. The summed E-state index contributed by atoms with van der Waals surface area (Å²) in [5.74, 6) is -2.11. The molecule has 3 rings (SSSR count). The van der Waals surface area contributed by atoms with Crippen LogP contribution in [0, 0.1) is 5.82 Å². The number of carboxylic acids is 1. The molecule has 1 aromatic heterocycles. The average molecular weight is 534 g/mol. The first-order chi connectivity index (χ1) is 17.6. The monoisotopic (exact) mass is 533 g/mol. The average Bonchev–Trinajstić information content (AvgIpc) is 3.23. The van der Waals surface area contributed by atoms with Gasteiger partial charge in [-0.1, -0.05) is 50.3 Å². The number of nitrogens with one attached hydrogen (secondary N) is 1. The molecule has 10 heteroatoms. The molecule has 8 nitrogen and oxygen atoms in total. The minimum atomic E-state index is -1.22. The molecule has 2 aromatic carbocycles. The number of benzene rings is 2. The number of halogens is 1. The van der Waals surface area contributed by atoms with Gasteiger partial charge in [0.25, 0.3) is 5.91 Å². The Hall–Kier alpha value is -2.82. The molecule has 0 bridgehead atoms. The SMILES string of the molecule is CC(C)c1c(C(=O)N[C@@H](C)c2ccccc2)nn(-c2ccc(F)cc2)c1C=C[C@H](O)C[C@@H](O)CC(=O)O.[NaH]. The molecule has 38 heavy (non-hydrogen) atoms. The van der Waals surface area contributed by atoms with Crippen molar-refractivity contribution in [3.05, 3.63) is 89.0 Å². The van der Waals surface area contributed by atoms with E-state index in [4.69, 9.17) is 5.11 Å². The summed E-state index contributed by atoms with van der Waals surface area (Å²) < 4.78 is 15.1. The summed E-state index contributed by atoms with van der Waals surface area (Å²) in [5.41, 5.74) is 2.77. The van der Waals surface area contributed by atoms with Crippen LogP contribution in [0.5, 0.6) is 0 Å². The zero-order valence-electron chi connectivity index (χ0n) is 21.0. The molecular weight excluding hydrogens is 500 g/mol. The van der Waals surface area contributed by atoms with Crippen LogP contribution in [0.4, 0.5) is 4.39 Å². The van der Waals surface area contributed by atoms with Crippen molar-refractivity contribution in [3.8, 4) is 5.69 Å². The minimum absolute atomic E-state index is 0. The fraction of sp³-hybridized carbons (Fsp3) is 0.321. The number of carbonyl (C=O) groups excluding carboxylic acids is 1. The van der Waals surface area contributed by atoms with Crippen molar-refractivity contribution in [1.29, 1.82) is 0 Å². The fourth-order valence-corrected chi connectivity index (χ4v) is 4.05. The number of hydrogen-bond acceptors (Lipinski definition) is 5. The van der Waals surface area contributed by atoms with Gasteiger partial charge in [-0.15, -0.1) is 0 Å². The first-order valence-corrected chi connectivity index (χ1v) is 12.1. The van der Waals surface area contributed by atoms with Gasteiger partial charge in [0.05, 0.1) is 36.1 Å². The summed E-state index contributed by atoms with van der Waals surface area (Å²) in [6.45, 7) is 5.69. The van der Waals surface area contributed by atoms with E-state index in [0.717, 1.165) is 5.56 Å². The van der Waals surface area contributed by atoms with E-state index in [1.807, 2.05) is 51.1 Å². The molecule has 198 valence electrons. The van der Waals surface area contributed by atoms with Crippen LogP contribution in [0.3, 0.4) is 0 Å². The standard InChI is InChI=1S/C28H32FN3O5.Na.H/c1-17(2)26-24(14-13-22(33)15-23(34)16-25(35)36)32(21-11-9-20(29)10-12-21)31-27(26)28(37)30-18(3)19-7-5-4-6-8-19;;/h4-14,17-18,22-23,33-34H,15-16H2,1-3H3,(H,30,37)(H,35,36);;/t18-,22-,23+;;/m0../s1. The van der Waals surface area contributed by atoms with Gasteiger partial charge in [-0.05, 0) is 48.7 Å². The first-order valence-electron chi connectivity index (χ1n) is 12.1. The molecule has 0 radical (unpaired) electrons. The number of carboxylic acid groups (broad SMARTS) is 1. The van der Waals surface area contributed by atoms with E-state index in [2.05, 4.69) is 10.4 Å². The first kappa shape index (κ1) is 31.4. The van der Waals surface area contributed by atoms with Gasteiger partial charge in [-0.3, -0.25) is 9.59 Å². The molecule has 0 aliphatic heterocycles. The van der Waals surface area contributed by atoms with E-state index in [0.29, 0.717) is 16.9 Å². The van der Waals surface area contributed by atoms with Gasteiger partial charge < -0.3 is 20.6 Å². The molecule has 1 amide bonds. The number of aliphatic hydroxyl groups excluding tert-OH is 2.